The quantitative estimate of drug-likeness (QED) is 0.519. The molecule has 1 aliphatic rings. The molecule has 0 aromatic rings. The zero-order chi connectivity index (χ0) is 7.56. The number of hydrogen-bond donors (Lipinski definition) is 0. The van der Waals surface area contributed by atoms with Gasteiger partial charge < -0.3 is 0 Å². The average molecular weight is 177 g/mol. The molecule has 0 amide bonds. The molecule has 0 heterocycles. The molecule has 1 rings (SSSR count). The molecular formula is C6H5ClO2S. The van der Waals surface area contributed by atoms with Gasteiger partial charge in [0.2, 0.25) is 10.3 Å². The van der Waals surface area contributed by atoms with Gasteiger partial charge in [-0.15, -0.1) is 0 Å². The normalized spacial score (nSPS) is 16.9. The Morgan fingerprint density at radius 1 is 1.40 bits per heavy atom. The predicted molar refractivity (Wildman–Crippen MR) is 41.6 cm³/mol. The van der Waals surface area contributed by atoms with E-state index in [2.05, 4.69) is 0 Å². The highest BCUT2D eigenvalue weighted by Crippen LogP contribution is 2.10. The number of halogens is 1. The van der Waals surface area contributed by atoms with Gasteiger partial charge in [-0.2, -0.15) is 8.42 Å². The van der Waals surface area contributed by atoms with Gasteiger partial charge in [0.05, 0.1) is 4.86 Å². The summed E-state index contributed by atoms with van der Waals surface area (Å²) in [6.45, 7) is 0. The maximum absolute atomic E-state index is 10.3. The van der Waals surface area contributed by atoms with Crippen molar-refractivity contribution in [3.63, 3.8) is 0 Å². The second kappa shape index (κ2) is 3.03. The summed E-state index contributed by atoms with van der Waals surface area (Å²) >= 11 is 5.55. The summed E-state index contributed by atoms with van der Waals surface area (Å²) in [5.74, 6) is 0. The van der Waals surface area contributed by atoms with Crippen molar-refractivity contribution in [1.82, 2.24) is 0 Å². The van der Waals surface area contributed by atoms with E-state index in [1.54, 1.807) is 12.2 Å². The molecule has 0 spiro atoms. The smallest absolute Gasteiger partial charge is 0.184 e. The molecule has 10 heavy (non-hydrogen) atoms. The van der Waals surface area contributed by atoms with Crippen molar-refractivity contribution in [2.75, 3.05) is 0 Å². The fourth-order valence-electron chi connectivity index (χ4n) is 0.630. The third-order valence-electron chi connectivity index (χ3n) is 1.14. The third kappa shape index (κ3) is 1.72. The van der Waals surface area contributed by atoms with Crippen LogP contribution >= 0.6 is 11.6 Å². The fourth-order valence-corrected chi connectivity index (χ4v) is 1.17. The highest BCUT2D eigenvalue weighted by atomic mass is 35.5. The van der Waals surface area contributed by atoms with Gasteiger partial charge in [-0.25, -0.2) is 0 Å². The standard InChI is InChI=1S/C6H5ClO2S/c7-5-1-3-6(4-2-5)10(8)9/h1-3H,4H2. The van der Waals surface area contributed by atoms with Crippen LogP contribution in [0, 0.1) is 0 Å². The molecule has 0 atom stereocenters. The van der Waals surface area contributed by atoms with Gasteiger partial charge in [-0.3, -0.25) is 0 Å². The Kier molecular flexibility index (Phi) is 2.29. The van der Waals surface area contributed by atoms with Crippen molar-refractivity contribution in [3.05, 3.63) is 23.3 Å². The maximum Gasteiger partial charge on any atom is 0.217 e. The van der Waals surface area contributed by atoms with Gasteiger partial charge >= 0.3 is 0 Å². The second-order valence-electron chi connectivity index (χ2n) is 1.83. The van der Waals surface area contributed by atoms with E-state index in [-0.39, 0.29) is 0 Å². The lowest BCUT2D eigenvalue weighted by molar-refractivity contribution is 0.627. The third-order valence-corrected chi connectivity index (χ3v) is 2.15. The molecule has 4 heteroatoms. The van der Waals surface area contributed by atoms with Crippen LogP contribution < -0.4 is 0 Å². The summed E-state index contributed by atoms with van der Waals surface area (Å²) in [5.41, 5.74) is 0. The summed E-state index contributed by atoms with van der Waals surface area (Å²) in [6, 6.07) is 0. The van der Waals surface area contributed by atoms with E-state index >= 15 is 0 Å². The Morgan fingerprint density at radius 2 is 2.10 bits per heavy atom. The van der Waals surface area contributed by atoms with Crippen molar-refractivity contribution < 1.29 is 8.42 Å². The summed E-state index contributed by atoms with van der Waals surface area (Å²) in [7, 11) is -2.09. The topological polar surface area (TPSA) is 34.1 Å². The van der Waals surface area contributed by atoms with Crippen LogP contribution in [-0.2, 0) is 10.3 Å². The molecule has 0 radical (unpaired) electrons. The van der Waals surface area contributed by atoms with Crippen molar-refractivity contribution in [1.29, 1.82) is 0 Å². The zero-order valence-corrected chi connectivity index (χ0v) is 6.61. The first kappa shape index (κ1) is 7.57. The molecule has 0 fully saturated rings. The van der Waals surface area contributed by atoms with Crippen molar-refractivity contribution in [2.24, 2.45) is 0 Å². The number of rotatable bonds is 0. The molecule has 0 aromatic heterocycles. The Morgan fingerprint density at radius 3 is 2.50 bits per heavy atom. The van der Waals surface area contributed by atoms with Gasteiger partial charge in [-0.1, -0.05) is 17.7 Å². The molecule has 2 nitrogen and oxygen atoms in total. The largest absolute Gasteiger partial charge is 0.217 e. The van der Waals surface area contributed by atoms with Crippen molar-refractivity contribution in [2.45, 2.75) is 6.42 Å². The molecule has 1 aliphatic carbocycles. The van der Waals surface area contributed by atoms with E-state index in [9.17, 15) is 8.42 Å². The SMILES string of the molecule is O=S(=O)=C1C=CC(Cl)=CC1. The van der Waals surface area contributed by atoms with E-state index in [0.29, 0.717) is 16.3 Å². The van der Waals surface area contributed by atoms with E-state index in [1.807, 2.05) is 0 Å². The molecule has 0 aromatic carbocycles. The van der Waals surface area contributed by atoms with Gasteiger partial charge in [0, 0.05) is 11.5 Å². The van der Waals surface area contributed by atoms with Crippen LogP contribution in [0.5, 0.6) is 0 Å². The molecule has 0 bridgehead atoms. The molecule has 0 N–H and O–H groups in total. The molecule has 0 saturated heterocycles. The van der Waals surface area contributed by atoms with E-state index < -0.39 is 10.3 Å². The Bertz CT molecular complexity index is 314. The zero-order valence-electron chi connectivity index (χ0n) is 5.04. The fraction of sp³-hybridized carbons (Fsp3) is 0.167. The van der Waals surface area contributed by atoms with Crippen LogP contribution in [0.4, 0.5) is 0 Å². The minimum absolute atomic E-state index is 0.379. The second-order valence-corrected chi connectivity index (χ2v) is 3.26. The predicted octanol–water partition coefficient (Wildman–Crippen LogP) is 1.12. The highest BCUT2D eigenvalue weighted by molar-refractivity contribution is 7.73. The molecule has 54 valence electrons. The van der Waals surface area contributed by atoms with Gasteiger partial charge in [0.25, 0.3) is 0 Å². The Hall–Kier alpha value is -0.540. The van der Waals surface area contributed by atoms with Crippen LogP contribution in [0.1, 0.15) is 6.42 Å². The van der Waals surface area contributed by atoms with Crippen molar-refractivity contribution >= 4 is 26.8 Å². The maximum atomic E-state index is 10.3. The van der Waals surface area contributed by atoms with Crippen LogP contribution in [0.25, 0.3) is 0 Å². The van der Waals surface area contributed by atoms with Crippen LogP contribution in [-0.4, -0.2) is 13.3 Å². The number of allylic oxidation sites excluding steroid dienone is 4. The van der Waals surface area contributed by atoms with Crippen molar-refractivity contribution in [3.8, 4) is 0 Å². The summed E-state index contributed by atoms with van der Waals surface area (Å²) < 4.78 is 20.6. The van der Waals surface area contributed by atoms with Gasteiger partial charge in [0.15, 0.2) is 0 Å². The number of hydrogen-bond acceptors (Lipinski definition) is 2. The van der Waals surface area contributed by atoms with E-state index in [4.69, 9.17) is 11.6 Å². The first-order valence-electron chi connectivity index (χ1n) is 2.69. The first-order chi connectivity index (χ1) is 4.70. The molecule has 0 unspecified atom stereocenters. The lowest BCUT2D eigenvalue weighted by atomic mass is 10.2. The Labute approximate surface area is 65.3 Å². The highest BCUT2D eigenvalue weighted by Gasteiger charge is 2.00. The Balaban J connectivity index is 3.01. The van der Waals surface area contributed by atoms with Crippen LogP contribution in [0.3, 0.4) is 0 Å². The monoisotopic (exact) mass is 176 g/mol. The van der Waals surface area contributed by atoms with Crippen LogP contribution in [0.2, 0.25) is 0 Å². The summed E-state index contributed by atoms with van der Waals surface area (Å²) in [6.07, 6.45) is 5.14. The van der Waals surface area contributed by atoms with E-state index in [0.717, 1.165) is 0 Å². The van der Waals surface area contributed by atoms with Crippen LogP contribution in [0.15, 0.2) is 23.3 Å². The first-order valence-corrected chi connectivity index (χ1v) is 4.14. The van der Waals surface area contributed by atoms with Gasteiger partial charge in [0.1, 0.15) is 0 Å². The summed E-state index contributed by atoms with van der Waals surface area (Å²) in [5, 5.41) is 0.592. The van der Waals surface area contributed by atoms with E-state index in [1.165, 1.54) is 6.08 Å². The van der Waals surface area contributed by atoms with Gasteiger partial charge in [-0.05, 0) is 12.2 Å². The summed E-state index contributed by atoms with van der Waals surface area (Å²) in [4.78, 5) is 0.379. The molecule has 0 saturated carbocycles. The minimum atomic E-state index is -2.09. The molecule has 0 aliphatic heterocycles. The lowest BCUT2D eigenvalue weighted by Gasteiger charge is -1.97. The molecular weight excluding hydrogens is 172 g/mol. The average Bonchev–Trinajstić information content (AvgIpc) is 1.88. The lowest BCUT2D eigenvalue weighted by Crippen LogP contribution is -1.96. The minimum Gasteiger partial charge on any atom is -0.184 e.